The summed E-state index contributed by atoms with van der Waals surface area (Å²) in [5, 5.41) is 0. The van der Waals surface area contributed by atoms with Crippen molar-refractivity contribution in [1.29, 1.82) is 0 Å². The van der Waals surface area contributed by atoms with E-state index in [1.54, 1.807) is 0 Å². The van der Waals surface area contributed by atoms with E-state index in [1.165, 1.54) is 0 Å². The number of amides is 1. The van der Waals surface area contributed by atoms with E-state index in [2.05, 4.69) is 0 Å². The molecule has 0 saturated carbocycles. The van der Waals surface area contributed by atoms with Crippen molar-refractivity contribution in [3.05, 3.63) is 0 Å². The van der Waals surface area contributed by atoms with Crippen LogP contribution < -0.4 is 5.73 Å². The van der Waals surface area contributed by atoms with E-state index in [4.69, 9.17) is 28.9 Å². The topological polar surface area (TPSA) is 46.3 Å². The van der Waals surface area contributed by atoms with Crippen molar-refractivity contribution in [3.8, 4) is 0 Å². The van der Waals surface area contributed by atoms with Crippen LogP contribution in [-0.4, -0.2) is 41.7 Å². The largest absolute Gasteiger partial charge is 0.368 e. The molecule has 0 radical (unpaired) electrons. The maximum atomic E-state index is 11.0. The monoisotopic (exact) mass is 226 g/mol. The Kier molecular flexibility index (Phi) is 7.42. The number of hydrogen-bond donors (Lipinski definition) is 1. The van der Waals surface area contributed by atoms with Crippen LogP contribution in [0.15, 0.2) is 0 Å². The lowest BCUT2D eigenvalue weighted by Gasteiger charge is -2.27. The van der Waals surface area contributed by atoms with E-state index in [0.717, 1.165) is 0 Å². The molecule has 78 valence electrons. The van der Waals surface area contributed by atoms with Crippen molar-refractivity contribution >= 4 is 29.1 Å². The molecule has 0 fully saturated rings. The zero-order valence-electron chi connectivity index (χ0n) is 7.80. The summed E-state index contributed by atoms with van der Waals surface area (Å²) in [6, 6.07) is -0.238. The molecule has 0 saturated heterocycles. The molecule has 0 aromatic rings. The number of carbonyl (C=O) groups excluding carboxylic acids is 1. The molecule has 0 aliphatic rings. The highest BCUT2D eigenvalue weighted by Gasteiger charge is 2.20. The van der Waals surface area contributed by atoms with Crippen LogP contribution in [0.3, 0.4) is 0 Å². The van der Waals surface area contributed by atoms with Gasteiger partial charge in [0.05, 0.1) is 6.04 Å². The van der Waals surface area contributed by atoms with Gasteiger partial charge in [-0.2, -0.15) is 0 Å². The van der Waals surface area contributed by atoms with E-state index in [-0.39, 0.29) is 11.9 Å². The first-order valence-electron chi connectivity index (χ1n) is 4.32. The minimum atomic E-state index is -0.308. The molecule has 2 N–H and O–H groups in total. The molecule has 0 aromatic carbocycles. The smallest absolute Gasteiger partial charge is 0.234 e. The molecule has 0 bridgehead atoms. The Morgan fingerprint density at radius 1 is 1.38 bits per heavy atom. The van der Waals surface area contributed by atoms with Crippen molar-refractivity contribution in [3.63, 3.8) is 0 Å². The predicted molar refractivity (Wildman–Crippen MR) is 56.3 cm³/mol. The molecule has 1 amide bonds. The van der Waals surface area contributed by atoms with Crippen LogP contribution in [0.1, 0.15) is 13.3 Å². The summed E-state index contributed by atoms with van der Waals surface area (Å²) in [6.45, 7) is 3.22. The standard InChI is InChI=1S/C8H16Cl2N2O/c1-2-7(8(11)13)12(5-3-9)6-4-10/h7H,2-6H2,1H3,(H2,11,13). The predicted octanol–water partition coefficient (Wildman–Crippen LogP) is 1.03. The van der Waals surface area contributed by atoms with Crippen LogP contribution in [-0.2, 0) is 4.79 Å². The number of primary amides is 1. The molecule has 1 atom stereocenters. The summed E-state index contributed by atoms with van der Waals surface area (Å²) in [4.78, 5) is 12.9. The minimum absolute atomic E-state index is 0.238. The van der Waals surface area contributed by atoms with Crippen LogP contribution >= 0.6 is 23.2 Å². The third kappa shape index (κ3) is 4.69. The molecule has 5 heteroatoms. The molecule has 0 heterocycles. The van der Waals surface area contributed by atoms with Crippen molar-refractivity contribution in [1.82, 2.24) is 4.90 Å². The lowest BCUT2D eigenvalue weighted by Crippen LogP contribution is -2.46. The average molecular weight is 227 g/mol. The van der Waals surface area contributed by atoms with Gasteiger partial charge in [0.2, 0.25) is 5.91 Å². The number of carbonyl (C=O) groups is 1. The zero-order valence-corrected chi connectivity index (χ0v) is 9.31. The van der Waals surface area contributed by atoms with Gasteiger partial charge in [0.15, 0.2) is 0 Å². The molecule has 0 aliphatic heterocycles. The van der Waals surface area contributed by atoms with E-state index >= 15 is 0 Å². The first-order chi connectivity index (χ1) is 6.17. The SMILES string of the molecule is CCC(C(N)=O)N(CCCl)CCCl. The number of hydrogen-bond acceptors (Lipinski definition) is 2. The zero-order chi connectivity index (χ0) is 10.3. The molecule has 1 unspecified atom stereocenters. The van der Waals surface area contributed by atoms with Crippen LogP contribution in [0.25, 0.3) is 0 Å². The van der Waals surface area contributed by atoms with Gasteiger partial charge in [-0.3, -0.25) is 9.69 Å². The first kappa shape index (κ1) is 13.0. The maximum Gasteiger partial charge on any atom is 0.234 e. The summed E-state index contributed by atoms with van der Waals surface area (Å²) < 4.78 is 0. The normalized spacial score (nSPS) is 13.2. The lowest BCUT2D eigenvalue weighted by atomic mass is 10.2. The second kappa shape index (κ2) is 7.42. The minimum Gasteiger partial charge on any atom is -0.368 e. The Labute approximate surface area is 89.2 Å². The van der Waals surface area contributed by atoms with Gasteiger partial charge in [0.25, 0.3) is 0 Å². The van der Waals surface area contributed by atoms with Gasteiger partial charge in [-0.1, -0.05) is 6.92 Å². The van der Waals surface area contributed by atoms with Gasteiger partial charge < -0.3 is 5.73 Å². The molecule has 13 heavy (non-hydrogen) atoms. The lowest BCUT2D eigenvalue weighted by molar-refractivity contribution is -0.123. The van der Waals surface area contributed by atoms with Gasteiger partial charge in [-0.25, -0.2) is 0 Å². The highest BCUT2D eigenvalue weighted by atomic mass is 35.5. The molecule has 0 rings (SSSR count). The van der Waals surface area contributed by atoms with Crippen LogP contribution in [0.5, 0.6) is 0 Å². The van der Waals surface area contributed by atoms with Gasteiger partial charge in [0, 0.05) is 24.8 Å². The first-order valence-corrected chi connectivity index (χ1v) is 5.39. The quantitative estimate of drug-likeness (QED) is 0.660. The van der Waals surface area contributed by atoms with Gasteiger partial charge in [0.1, 0.15) is 0 Å². The second-order valence-electron chi connectivity index (χ2n) is 2.74. The fourth-order valence-corrected chi connectivity index (χ4v) is 1.71. The third-order valence-electron chi connectivity index (χ3n) is 1.90. The fourth-order valence-electron chi connectivity index (χ4n) is 1.28. The summed E-state index contributed by atoms with van der Waals surface area (Å²) in [5.74, 6) is 0.666. The highest BCUT2D eigenvalue weighted by Crippen LogP contribution is 2.04. The summed E-state index contributed by atoms with van der Waals surface area (Å²) in [5.41, 5.74) is 5.24. The summed E-state index contributed by atoms with van der Waals surface area (Å²) in [7, 11) is 0. The number of nitrogens with zero attached hydrogens (tertiary/aromatic N) is 1. The summed E-state index contributed by atoms with van der Waals surface area (Å²) in [6.07, 6.45) is 0.698. The average Bonchev–Trinajstić information content (AvgIpc) is 2.05. The molecule has 0 aliphatic carbocycles. The summed E-state index contributed by atoms with van der Waals surface area (Å²) >= 11 is 11.2. The van der Waals surface area contributed by atoms with Crippen molar-refractivity contribution in [2.45, 2.75) is 19.4 Å². The number of rotatable bonds is 7. The number of alkyl halides is 2. The van der Waals surface area contributed by atoms with E-state index in [0.29, 0.717) is 31.3 Å². The molecule has 0 spiro atoms. The van der Waals surface area contributed by atoms with Crippen LogP contribution in [0.2, 0.25) is 0 Å². The van der Waals surface area contributed by atoms with E-state index in [1.807, 2.05) is 11.8 Å². The van der Waals surface area contributed by atoms with Gasteiger partial charge in [-0.15, -0.1) is 23.2 Å². The number of nitrogens with two attached hydrogens (primary N) is 1. The Morgan fingerprint density at radius 2 is 1.85 bits per heavy atom. The third-order valence-corrected chi connectivity index (χ3v) is 2.24. The Balaban J connectivity index is 4.20. The molecule has 3 nitrogen and oxygen atoms in total. The maximum absolute atomic E-state index is 11.0. The van der Waals surface area contributed by atoms with Crippen molar-refractivity contribution in [2.75, 3.05) is 24.8 Å². The Morgan fingerprint density at radius 3 is 2.08 bits per heavy atom. The van der Waals surface area contributed by atoms with Gasteiger partial charge in [-0.05, 0) is 6.42 Å². The second-order valence-corrected chi connectivity index (χ2v) is 3.50. The Hall–Kier alpha value is 0.01000. The van der Waals surface area contributed by atoms with E-state index in [9.17, 15) is 4.79 Å². The molecule has 0 aromatic heterocycles. The number of halogens is 2. The molecular weight excluding hydrogens is 211 g/mol. The van der Waals surface area contributed by atoms with E-state index < -0.39 is 0 Å². The van der Waals surface area contributed by atoms with Crippen molar-refractivity contribution in [2.24, 2.45) is 5.73 Å². The van der Waals surface area contributed by atoms with Crippen LogP contribution in [0.4, 0.5) is 0 Å². The van der Waals surface area contributed by atoms with Gasteiger partial charge >= 0.3 is 0 Å². The highest BCUT2D eigenvalue weighted by molar-refractivity contribution is 6.18. The van der Waals surface area contributed by atoms with Crippen molar-refractivity contribution < 1.29 is 4.79 Å². The fraction of sp³-hybridized carbons (Fsp3) is 0.875. The Bertz CT molecular complexity index is 149. The molecular formula is C8H16Cl2N2O. The van der Waals surface area contributed by atoms with Crippen LogP contribution in [0, 0.1) is 0 Å².